The fourth-order valence-corrected chi connectivity index (χ4v) is 3.03. The van der Waals surface area contributed by atoms with E-state index in [1.54, 1.807) is 0 Å². The Hall–Kier alpha value is -0.560. The normalized spacial score (nSPS) is 18.2. The van der Waals surface area contributed by atoms with Crippen molar-refractivity contribution in [1.29, 1.82) is 0 Å². The van der Waals surface area contributed by atoms with Crippen LogP contribution in [-0.2, 0) is 6.18 Å². The van der Waals surface area contributed by atoms with Gasteiger partial charge in [-0.05, 0) is 29.7 Å². The molecule has 0 spiro atoms. The predicted molar refractivity (Wildman–Crippen MR) is 92.5 cm³/mol. The lowest BCUT2D eigenvalue weighted by molar-refractivity contribution is -0.137. The molecule has 0 aromatic heterocycles. The maximum atomic E-state index is 13.7. The first-order valence-electron chi connectivity index (χ1n) is 7.65. The van der Waals surface area contributed by atoms with Gasteiger partial charge in [0.15, 0.2) is 0 Å². The molecular weight excluding hydrogens is 367 g/mol. The van der Waals surface area contributed by atoms with Crippen molar-refractivity contribution >= 4 is 24.8 Å². The fraction of sp³-hybridized carbons (Fsp3) is 0.625. The quantitative estimate of drug-likeness (QED) is 0.750. The van der Waals surface area contributed by atoms with Crippen molar-refractivity contribution in [3.8, 4) is 0 Å². The Morgan fingerprint density at radius 2 is 1.71 bits per heavy atom. The first-order valence-corrected chi connectivity index (χ1v) is 7.65. The maximum Gasteiger partial charge on any atom is 0.416 e. The second-order valence-corrected chi connectivity index (χ2v) is 5.89. The Morgan fingerprint density at radius 3 is 2.21 bits per heavy atom. The molecule has 1 aliphatic heterocycles. The zero-order valence-electron chi connectivity index (χ0n) is 13.7. The maximum absolute atomic E-state index is 13.7. The van der Waals surface area contributed by atoms with Crippen LogP contribution >= 0.6 is 24.8 Å². The molecule has 1 unspecified atom stereocenters. The van der Waals surface area contributed by atoms with E-state index < -0.39 is 17.6 Å². The van der Waals surface area contributed by atoms with Gasteiger partial charge in [-0.25, -0.2) is 4.39 Å². The standard InChI is InChI=1S/C16H22F4N2.2ClH/c1-3-11(2)15(22-6-4-21-5-7-22)12-8-13(16(18,19)20)10-14(17)9-12;;/h8-11,15,21H,3-7H2,1-2H3;2*1H/t11?,15-;;/m0../s1. The summed E-state index contributed by atoms with van der Waals surface area (Å²) in [6.07, 6.45) is -3.70. The van der Waals surface area contributed by atoms with E-state index in [-0.39, 0.29) is 36.8 Å². The van der Waals surface area contributed by atoms with Gasteiger partial charge in [-0.15, -0.1) is 24.8 Å². The van der Waals surface area contributed by atoms with Crippen molar-refractivity contribution in [3.63, 3.8) is 0 Å². The molecule has 2 nitrogen and oxygen atoms in total. The van der Waals surface area contributed by atoms with Crippen LogP contribution in [0.3, 0.4) is 0 Å². The molecule has 0 bridgehead atoms. The van der Waals surface area contributed by atoms with Crippen LogP contribution in [0.5, 0.6) is 0 Å². The number of hydrogen-bond acceptors (Lipinski definition) is 2. The highest BCUT2D eigenvalue weighted by Gasteiger charge is 2.34. The Bertz CT molecular complexity index is 505. The predicted octanol–water partition coefficient (Wildman–Crippen LogP) is 4.68. The fourth-order valence-electron chi connectivity index (χ4n) is 3.03. The van der Waals surface area contributed by atoms with E-state index in [0.717, 1.165) is 38.7 Å². The van der Waals surface area contributed by atoms with Gasteiger partial charge in [0.1, 0.15) is 5.82 Å². The molecule has 1 aromatic rings. The molecule has 1 N–H and O–H groups in total. The molecule has 8 heteroatoms. The molecule has 1 fully saturated rings. The number of alkyl halides is 3. The molecule has 140 valence electrons. The van der Waals surface area contributed by atoms with Crippen LogP contribution in [0.2, 0.25) is 0 Å². The minimum absolute atomic E-state index is 0. The van der Waals surface area contributed by atoms with E-state index in [1.807, 2.05) is 13.8 Å². The van der Waals surface area contributed by atoms with Crippen molar-refractivity contribution < 1.29 is 17.6 Å². The minimum atomic E-state index is -4.53. The van der Waals surface area contributed by atoms with E-state index in [4.69, 9.17) is 0 Å². The van der Waals surface area contributed by atoms with Crippen LogP contribution in [0.1, 0.15) is 37.4 Å². The third kappa shape index (κ3) is 5.76. The van der Waals surface area contributed by atoms with Gasteiger partial charge < -0.3 is 5.32 Å². The van der Waals surface area contributed by atoms with E-state index in [0.29, 0.717) is 11.6 Å². The summed E-state index contributed by atoms with van der Waals surface area (Å²) in [5.74, 6) is -0.672. The second-order valence-electron chi connectivity index (χ2n) is 5.89. The van der Waals surface area contributed by atoms with E-state index >= 15 is 0 Å². The number of piperazine rings is 1. The zero-order chi connectivity index (χ0) is 16.3. The van der Waals surface area contributed by atoms with Gasteiger partial charge >= 0.3 is 6.18 Å². The van der Waals surface area contributed by atoms with Gasteiger partial charge in [0.2, 0.25) is 0 Å². The summed E-state index contributed by atoms with van der Waals surface area (Å²) in [6.45, 7) is 7.12. The lowest BCUT2D eigenvalue weighted by Gasteiger charge is -2.38. The van der Waals surface area contributed by atoms with Crippen LogP contribution in [-0.4, -0.2) is 31.1 Å². The summed E-state index contributed by atoms with van der Waals surface area (Å²) in [4.78, 5) is 2.15. The SMILES string of the molecule is CCC(C)[C@@H](c1cc(F)cc(C(F)(F)F)c1)N1CCNCC1.Cl.Cl. The van der Waals surface area contributed by atoms with Gasteiger partial charge in [-0.2, -0.15) is 13.2 Å². The van der Waals surface area contributed by atoms with Gasteiger partial charge in [-0.1, -0.05) is 20.3 Å². The van der Waals surface area contributed by atoms with Crippen LogP contribution < -0.4 is 5.32 Å². The van der Waals surface area contributed by atoms with Crippen molar-refractivity contribution in [2.75, 3.05) is 26.2 Å². The highest BCUT2D eigenvalue weighted by Crippen LogP contribution is 2.36. The Morgan fingerprint density at radius 1 is 1.12 bits per heavy atom. The number of hydrogen-bond donors (Lipinski definition) is 1. The second kappa shape index (κ2) is 9.80. The third-order valence-corrected chi connectivity index (χ3v) is 4.32. The van der Waals surface area contributed by atoms with Crippen molar-refractivity contribution in [2.24, 2.45) is 5.92 Å². The molecule has 0 saturated carbocycles. The number of halogens is 6. The molecular formula is C16H24Cl2F4N2. The topological polar surface area (TPSA) is 15.3 Å². The molecule has 24 heavy (non-hydrogen) atoms. The lowest BCUT2D eigenvalue weighted by atomic mass is 9.89. The van der Waals surface area contributed by atoms with Crippen LogP contribution in [0.15, 0.2) is 18.2 Å². The first kappa shape index (κ1) is 23.4. The van der Waals surface area contributed by atoms with Crippen LogP contribution in [0.4, 0.5) is 17.6 Å². The van der Waals surface area contributed by atoms with Gasteiger partial charge in [0, 0.05) is 32.2 Å². The Balaban J connectivity index is 0.00000264. The summed E-state index contributed by atoms with van der Waals surface area (Å²) in [5.41, 5.74) is -0.491. The van der Waals surface area contributed by atoms with Gasteiger partial charge in [0.05, 0.1) is 5.56 Å². The third-order valence-electron chi connectivity index (χ3n) is 4.32. The summed E-state index contributed by atoms with van der Waals surface area (Å²) < 4.78 is 52.6. The zero-order valence-corrected chi connectivity index (χ0v) is 15.3. The van der Waals surface area contributed by atoms with E-state index in [2.05, 4.69) is 10.2 Å². The molecule has 0 radical (unpaired) electrons. The molecule has 0 amide bonds. The van der Waals surface area contributed by atoms with E-state index in [1.165, 1.54) is 6.07 Å². The van der Waals surface area contributed by atoms with Crippen LogP contribution in [0, 0.1) is 11.7 Å². The number of nitrogens with zero attached hydrogens (tertiary/aromatic N) is 1. The Kier molecular flexibility index (Phi) is 9.57. The number of nitrogens with one attached hydrogen (secondary N) is 1. The highest BCUT2D eigenvalue weighted by molar-refractivity contribution is 5.85. The number of rotatable bonds is 4. The highest BCUT2D eigenvalue weighted by atomic mass is 35.5. The van der Waals surface area contributed by atoms with Crippen molar-refractivity contribution in [3.05, 3.63) is 35.1 Å². The largest absolute Gasteiger partial charge is 0.416 e. The minimum Gasteiger partial charge on any atom is -0.314 e. The molecule has 1 aromatic carbocycles. The van der Waals surface area contributed by atoms with Crippen LogP contribution in [0.25, 0.3) is 0 Å². The molecule has 0 aliphatic carbocycles. The summed E-state index contributed by atoms with van der Waals surface area (Å²) >= 11 is 0. The Labute approximate surface area is 152 Å². The van der Waals surface area contributed by atoms with Crippen molar-refractivity contribution in [2.45, 2.75) is 32.5 Å². The average molecular weight is 391 g/mol. The average Bonchev–Trinajstić information content (AvgIpc) is 2.47. The summed E-state index contributed by atoms with van der Waals surface area (Å²) in [7, 11) is 0. The van der Waals surface area contributed by atoms with Gasteiger partial charge in [-0.3, -0.25) is 4.90 Å². The lowest BCUT2D eigenvalue weighted by Crippen LogP contribution is -2.46. The molecule has 1 heterocycles. The molecule has 2 rings (SSSR count). The monoisotopic (exact) mass is 390 g/mol. The smallest absolute Gasteiger partial charge is 0.314 e. The van der Waals surface area contributed by atoms with E-state index in [9.17, 15) is 17.6 Å². The first-order chi connectivity index (χ1) is 10.3. The summed E-state index contributed by atoms with van der Waals surface area (Å²) in [5, 5.41) is 3.23. The summed E-state index contributed by atoms with van der Waals surface area (Å²) in [6, 6.07) is 2.72. The number of benzene rings is 1. The molecule has 1 saturated heterocycles. The van der Waals surface area contributed by atoms with Gasteiger partial charge in [0.25, 0.3) is 0 Å². The molecule has 2 atom stereocenters. The van der Waals surface area contributed by atoms with Crippen molar-refractivity contribution in [1.82, 2.24) is 10.2 Å². The molecule has 1 aliphatic rings.